The molecule has 6 rings (SSSR count). The van der Waals surface area contributed by atoms with Crippen molar-refractivity contribution in [1.29, 1.82) is 0 Å². The van der Waals surface area contributed by atoms with Gasteiger partial charge in [0, 0.05) is 31.0 Å². The molecule has 1 unspecified atom stereocenters. The fourth-order valence-electron chi connectivity index (χ4n) is 6.04. The maximum absolute atomic E-state index is 13.7. The molecule has 2 aliphatic heterocycles. The lowest BCUT2D eigenvalue weighted by molar-refractivity contribution is -0.135. The van der Waals surface area contributed by atoms with Crippen molar-refractivity contribution in [1.82, 2.24) is 29.7 Å². The number of piperazine rings is 1. The molecule has 10 heteroatoms. The Morgan fingerprint density at radius 3 is 2.54 bits per heavy atom. The van der Waals surface area contributed by atoms with Crippen LogP contribution in [0, 0.1) is 11.7 Å². The molecule has 2 aromatic heterocycles. The van der Waals surface area contributed by atoms with Crippen molar-refractivity contribution in [3.8, 4) is 0 Å². The molecule has 0 aliphatic carbocycles. The Kier molecular flexibility index (Phi) is 6.12. The molecule has 2 saturated heterocycles. The number of carbonyl (C=O) groups is 3. The zero-order valence-electron chi connectivity index (χ0n) is 22.1. The van der Waals surface area contributed by atoms with Gasteiger partial charge >= 0.3 is 0 Å². The van der Waals surface area contributed by atoms with E-state index in [0.29, 0.717) is 42.8 Å². The molecule has 2 aliphatic rings. The average Bonchev–Trinajstić information content (AvgIpc) is 3.68. The fourth-order valence-corrected chi connectivity index (χ4v) is 6.04. The number of hydrogen-bond acceptors (Lipinski definition) is 4. The maximum Gasteiger partial charge on any atom is 0.290 e. The van der Waals surface area contributed by atoms with Crippen LogP contribution in [0.2, 0.25) is 0 Å². The van der Waals surface area contributed by atoms with Crippen molar-refractivity contribution in [3.63, 3.8) is 0 Å². The van der Waals surface area contributed by atoms with Crippen LogP contribution in [0.4, 0.5) is 4.39 Å². The molecule has 39 heavy (non-hydrogen) atoms. The fraction of sp³-hybridized carbons (Fsp3) is 0.379. The zero-order valence-corrected chi connectivity index (χ0v) is 22.1. The summed E-state index contributed by atoms with van der Waals surface area (Å²) in [6.45, 7) is 4.88. The number of aromatic nitrogens is 3. The summed E-state index contributed by atoms with van der Waals surface area (Å²) in [5.41, 5.74) is 2.65. The quantitative estimate of drug-likeness (QED) is 0.399. The number of nitrogens with one attached hydrogen (secondary N) is 2. The van der Waals surface area contributed by atoms with E-state index < -0.39 is 6.04 Å². The minimum atomic E-state index is -0.703. The largest absolute Gasteiger partial charge is 0.340 e. The van der Waals surface area contributed by atoms with Crippen molar-refractivity contribution in [2.75, 3.05) is 13.1 Å². The minimum Gasteiger partial charge on any atom is -0.340 e. The molecule has 2 bridgehead atoms. The lowest BCUT2D eigenvalue weighted by atomic mass is 10.0. The lowest BCUT2D eigenvalue weighted by Crippen LogP contribution is -2.56. The molecule has 0 spiro atoms. The second-order valence-electron chi connectivity index (χ2n) is 11.0. The molecular formula is C29H31FN6O3. The van der Waals surface area contributed by atoms with E-state index in [9.17, 15) is 18.8 Å². The Balaban J connectivity index is 1.16. The molecule has 3 atom stereocenters. The normalized spacial score (nSPS) is 19.4. The number of fused-ring (bicyclic) bond motifs is 4. The van der Waals surface area contributed by atoms with Crippen LogP contribution in [0.5, 0.6) is 0 Å². The van der Waals surface area contributed by atoms with Gasteiger partial charge in [0.25, 0.3) is 11.8 Å². The van der Waals surface area contributed by atoms with E-state index in [1.165, 1.54) is 12.1 Å². The molecular weight excluding hydrogens is 499 g/mol. The SMILES string of the molecule is CC(C)C[C@H](NC(=O)c1cc2cc(F)ccc2n1C)C(=O)N1C[C@@H]2CC1CN2C(=O)c1nc2ccccc2[nH]1. The van der Waals surface area contributed by atoms with Crippen molar-refractivity contribution in [2.45, 2.75) is 44.8 Å². The van der Waals surface area contributed by atoms with E-state index >= 15 is 0 Å². The summed E-state index contributed by atoms with van der Waals surface area (Å²) in [5.74, 6) is -0.563. The number of halogens is 1. The van der Waals surface area contributed by atoms with Gasteiger partial charge < -0.3 is 24.7 Å². The summed E-state index contributed by atoms with van der Waals surface area (Å²) in [6.07, 6.45) is 1.19. The van der Waals surface area contributed by atoms with Gasteiger partial charge in [0.05, 0.1) is 23.1 Å². The van der Waals surface area contributed by atoms with E-state index in [-0.39, 0.29) is 41.5 Å². The maximum atomic E-state index is 13.7. The van der Waals surface area contributed by atoms with Gasteiger partial charge in [-0.05, 0) is 55.2 Å². The number of likely N-dealkylation sites (tertiary alicyclic amines) is 2. The summed E-state index contributed by atoms with van der Waals surface area (Å²) in [5, 5.41) is 3.58. The smallest absolute Gasteiger partial charge is 0.290 e. The summed E-state index contributed by atoms with van der Waals surface area (Å²) in [7, 11) is 1.75. The van der Waals surface area contributed by atoms with Gasteiger partial charge in [0.1, 0.15) is 17.6 Å². The summed E-state index contributed by atoms with van der Waals surface area (Å²) >= 11 is 0. The molecule has 2 N–H and O–H groups in total. The average molecular weight is 531 g/mol. The number of H-pyrrole nitrogens is 1. The highest BCUT2D eigenvalue weighted by Crippen LogP contribution is 2.33. The van der Waals surface area contributed by atoms with Crippen molar-refractivity contribution in [3.05, 3.63) is 65.9 Å². The summed E-state index contributed by atoms with van der Waals surface area (Å²) in [6, 6.07) is 12.6. The van der Waals surface area contributed by atoms with Crippen LogP contribution in [0.25, 0.3) is 21.9 Å². The first-order chi connectivity index (χ1) is 18.7. The minimum absolute atomic E-state index is 0.0943. The Bertz CT molecular complexity index is 1570. The van der Waals surface area contributed by atoms with Crippen molar-refractivity contribution in [2.24, 2.45) is 13.0 Å². The molecule has 9 nitrogen and oxygen atoms in total. The van der Waals surface area contributed by atoms with E-state index in [1.807, 2.05) is 43.0 Å². The van der Waals surface area contributed by atoms with Crippen molar-refractivity contribution < 1.29 is 18.8 Å². The molecule has 0 saturated carbocycles. The second kappa shape index (κ2) is 9.52. The molecule has 3 amide bonds. The standard InChI is InChI=1S/C29H31FN6O3/c1-16(2)10-23(33-27(37)25-12-17-11-18(30)8-9-24(17)34(25)3)28(38)35-14-20-13-19(35)15-36(20)29(39)26-31-21-6-4-5-7-22(21)32-26/h4-9,11-12,16,19-20,23H,10,13-15H2,1-3H3,(H,31,32)(H,33,37)/t19?,20-,23-/m0/s1. The number of benzene rings is 2. The first-order valence-electron chi connectivity index (χ1n) is 13.3. The highest BCUT2D eigenvalue weighted by Gasteiger charge is 2.49. The number of amides is 3. The third-order valence-corrected chi connectivity index (χ3v) is 7.92. The Hall–Kier alpha value is -4.21. The molecule has 2 fully saturated rings. The van der Waals surface area contributed by atoms with Crippen LogP contribution in [-0.4, -0.2) is 73.3 Å². The van der Waals surface area contributed by atoms with Crippen LogP contribution in [-0.2, 0) is 11.8 Å². The van der Waals surface area contributed by atoms with Crippen LogP contribution in [0.1, 0.15) is 47.8 Å². The van der Waals surface area contributed by atoms with E-state index in [2.05, 4.69) is 15.3 Å². The van der Waals surface area contributed by atoms with Crippen LogP contribution < -0.4 is 5.32 Å². The first kappa shape index (κ1) is 25.1. The van der Waals surface area contributed by atoms with Gasteiger partial charge in [-0.15, -0.1) is 0 Å². The second-order valence-corrected chi connectivity index (χ2v) is 11.0. The number of carbonyl (C=O) groups excluding carboxylic acids is 3. The highest BCUT2D eigenvalue weighted by atomic mass is 19.1. The predicted molar refractivity (Wildman–Crippen MR) is 145 cm³/mol. The number of rotatable bonds is 6. The topological polar surface area (TPSA) is 103 Å². The van der Waals surface area contributed by atoms with Gasteiger partial charge in [0.15, 0.2) is 5.82 Å². The summed E-state index contributed by atoms with van der Waals surface area (Å²) in [4.78, 5) is 51.5. The van der Waals surface area contributed by atoms with Crippen LogP contribution in [0.15, 0.2) is 48.5 Å². The van der Waals surface area contributed by atoms with Gasteiger partial charge in [-0.1, -0.05) is 26.0 Å². The highest BCUT2D eigenvalue weighted by molar-refractivity contribution is 6.01. The molecule has 4 heterocycles. The summed E-state index contributed by atoms with van der Waals surface area (Å²) < 4.78 is 15.4. The van der Waals surface area contributed by atoms with Gasteiger partial charge in [-0.2, -0.15) is 0 Å². The third kappa shape index (κ3) is 4.43. The van der Waals surface area contributed by atoms with E-state index in [4.69, 9.17) is 0 Å². The van der Waals surface area contributed by atoms with Crippen LogP contribution >= 0.6 is 0 Å². The zero-order chi connectivity index (χ0) is 27.4. The van der Waals surface area contributed by atoms with E-state index in [0.717, 1.165) is 16.6 Å². The molecule has 202 valence electrons. The number of imidazole rings is 1. The monoisotopic (exact) mass is 530 g/mol. The Labute approximate surface area is 225 Å². The molecule has 4 aromatic rings. The number of nitrogens with zero attached hydrogens (tertiary/aromatic N) is 4. The van der Waals surface area contributed by atoms with Gasteiger partial charge in [-0.3, -0.25) is 14.4 Å². The lowest BCUT2D eigenvalue weighted by Gasteiger charge is -2.36. The number of aromatic amines is 1. The third-order valence-electron chi connectivity index (χ3n) is 7.92. The van der Waals surface area contributed by atoms with Gasteiger partial charge in [0.2, 0.25) is 5.91 Å². The molecule has 2 aromatic carbocycles. The number of aryl methyl sites for hydroxylation is 1. The Morgan fingerprint density at radius 1 is 1.08 bits per heavy atom. The molecule has 0 radical (unpaired) electrons. The Morgan fingerprint density at radius 2 is 1.82 bits per heavy atom. The number of hydrogen-bond donors (Lipinski definition) is 2. The number of para-hydroxylation sites is 2. The van der Waals surface area contributed by atoms with E-state index in [1.54, 1.807) is 28.6 Å². The van der Waals surface area contributed by atoms with Gasteiger partial charge in [-0.25, -0.2) is 9.37 Å². The van der Waals surface area contributed by atoms with Crippen molar-refractivity contribution >= 4 is 39.7 Å². The van der Waals surface area contributed by atoms with Crippen LogP contribution in [0.3, 0.4) is 0 Å². The predicted octanol–water partition coefficient (Wildman–Crippen LogP) is 3.46. The first-order valence-corrected chi connectivity index (χ1v) is 13.3.